The Balaban J connectivity index is 0.957. The summed E-state index contributed by atoms with van der Waals surface area (Å²) in [5.41, 5.74) is 11.3. The number of benzene rings is 7. The lowest BCUT2D eigenvalue weighted by Crippen LogP contribution is -2.00. The van der Waals surface area contributed by atoms with E-state index in [1.54, 1.807) is 12.5 Å². The first-order chi connectivity index (χ1) is 28.7. The van der Waals surface area contributed by atoms with Crippen molar-refractivity contribution in [1.29, 1.82) is 0 Å². The van der Waals surface area contributed by atoms with Crippen molar-refractivity contribution in [1.82, 2.24) is 29.9 Å². The molecule has 5 aromatic heterocycles. The summed E-state index contributed by atoms with van der Waals surface area (Å²) in [7, 11) is 0. The molecule has 0 aliphatic heterocycles. The first-order valence-electron chi connectivity index (χ1n) is 19.0. The first-order valence-corrected chi connectivity index (χ1v) is 19.0. The molecule has 0 radical (unpaired) electrons. The molecule has 0 atom stereocenters. The number of furan rings is 2. The minimum absolute atomic E-state index is 0.570. The van der Waals surface area contributed by atoms with Crippen molar-refractivity contribution in [3.8, 4) is 56.5 Å². The molecule has 0 N–H and O–H groups in total. The minimum atomic E-state index is 0.570. The molecule has 0 aliphatic carbocycles. The maximum absolute atomic E-state index is 6.48. The van der Waals surface area contributed by atoms with Gasteiger partial charge in [-0.3, -0.25) is 0 Å². The summed E-state index contributed by atoms with van der Waals surface area (Å²) >= 11 is 0. The van der Waals surface area contributed by atoms with E-state index >= 15 is 0 Å². The number of pyridine rings is 1. The number of hydrogen-bond donors (Lipinski definition) is 0. The lowest BCUT2D eigenvalue weighted by atomic mass is 9.99. The Morgan fingerprint density at radius 1 is 0.379 bits per heavy atom. The van der Waals surface area contributed by atoms with Gasteiger partial charge >= 0.3 is 0 Å². The molecule has 12 aromatic rings. The van der Waals surface area contributed by atoms with Crippen LogP contribution in [0.2, 0.25) is 0 Å². The van der Waals surface area contributed by atoms with Crippen LogP contribution in [0.15, 0.2) is 179 Å². The molecule has 0 saturated heterocycles. The summed E-state index contributed by atoms with van der Waals surface area (Å²) in [5.74, 6) is 1.75. The SMILES string of the molecule is c1ccc(-c2nc(-c3ccc(-c4nc5cncnc5c5c4ccc4c6ccccc6oc45)cc3)nc(-c3ccc(-c4cccc5c4oc4ccccc45)cc3)n2)cc1. The average Bonchev–Trinajstić information content (AvgIpc) is 3.88. The zero-order valence-electron chi connectivity index (χ0n) is 30.7. The molecule has 0 amide bonds. The van der Waals surface area contributed by atoms with E-state index in [1.165, 1.54) is 0 Å². The average molecular weight is 745 g/mol. The Hall–Kier alpha value is -8.10. The second-order valence-corrected chi connectivity index (χ2v) is 14.3. The van der Waals surface area contributed by atoms with Crippen LogP contribution in [0.4, 0.5) is 0 Å². The Kier molecular flexibility index (Phi) is 7.06. The largest absolute Gasteiger partial charge is 0.455 e. The van der Waals surface area contributed by atoms with Crippen molar-refractivity contribution in [3.63, 3.8) is 0 Å². The number of aromatic nitrogens is 6. The topological polar surface area (TPSA) is 104 Å². The van der Waals surface area contributed by atoms with Crippen LogP contribution in [0.3, 0.4) is 0 Å². The lowest BCUT2D eigenvalue weighted by molar-refractivity contribution is 0.670. The highest BCUT2D eigenvalue weighted by Gasteiger charge is 2.19. The lowest BCUT2D eigenvalue weighted by Gasteiger charge is -2.11. The van der Waals surface area contributed by atoms with E-state index in [0.29, 0.717) is 23.0 Å². The first kappa shape index (κ1) is 32.2. The number of para-hydroxylation sites is 3. The Bertz CT molecular complexity index is 3560. The fraction of sp³-hybridized carbons (Fsp3) is 0. The highest BCUT2D eigenvalue weighted by atomic mass is 16.3. The van der Waals surface area contributed by atoms with E-state index in [9.17, 15) is 0 Å². The van der Waals surface area contributed by atoms with E-state index in [-0.39, 0.29) is 0 Å². The van der Waals surface area contributed by atoms with E-state index in [1.807, 2.05) is 78.9 Å². The maximum atomic E-state index is 6.48. The molecular formula is C50H28N6O2. The van der Waals surface area contributed by atoms with Gasteiger partial charge in [0.1, 0.15) is 39.7 Å². The van der Waals surface area contributed by atoms with Crippen LogP contribution in [-0.2, 0) is 0 Å². The smallest absolute Gasteiger partial charge is 0.164 e. The summed E-state index contributed by atoms with van der Waals surface area (Å²) in [5, 5.41) is 6.16. The summed E-state index contributed by atoms with van der Waals surface area (Å²) in [6.07, 6.45) is 3.31. The van der Waals surface area contributed by atoms with E-state index < -0.39 is 0 Å². The van der Waals surface area contributed by atoms with Gasteiger partial charge in [0.05, 0.1) is 17.3 Å². The van der Waals surface area contributed by atoms with Gasteiger partial charge in [-0.2, -0.15) is 0 Å². The number of hydrogen-bond acceptors (Lipinski definition) is 8. The number of fused-ring (bicyclic) bond motifs is 10. The van der Waals surface area contributed by atoms with Gasteiger partial charge in [-0.15, -0.1) is 0 Å². The van der Waals surface area contributed by atoms with Crippen molar-refractivity contribution in [2.75, 3.05) is 0 Å². The Morgan fingerprint density at radius 2 is 0.914 bits per heavy atom. The van der Waals surface area contributed by atoms with Crippen LogP contribution >= 0.6 is 0 Å². The normalized spacial score (nSPS) is 11.8. The fourth-order valence-electron chi connectivity index (χ4n) is 8.12. The highest BCUT2D eigenvalue weighted by molar-refractivity contribution is 6.23. The quantitative estimate of drug-likeness (QED) is 0.160. The maximum Gasteiger partial charge on any atom is 0.164 e. The van der Waals surface area contributed by atoms with Crippen LogP contribution in [0.25, 0.3) is 122 Å². The molecule has 58 heavy (non-hydrogen) atoms. The zero-order chi connectivity index (χ0) is 38.2. The fourth-order valence-corrected chi connectivity index (χ4v) is 8.12. The van der Waals surface area contributed by atoms with Crippen molar-refractivity contribution in [2.24, 2.45) is 0 Å². The molecule has 270 valence electrons. The molecule has 0 aliphatic rings. The van der Waals surface area contributed by atoms with Crippen molar-refractivity contribution in [3.05, 3.63) is 170 Å². The van der Waals surface area contributed by atoms with Gasteiger partial charge in [0, 0.05) is 54.7 Å². The predicted octanol–water partition coefficient (Wildman–Crippen LogP) is 12.5. The van der Waals surface area contributed by atoms with Gasteiger partial charge in [-0.05, 0) is 23.8 Å². The van der Waals surface area contributed by atoms with E-state index in [4.69, 9.17) is 28.8 Å². The van der Waals surface area contributed by atoms with Crippen LogP contribution in [-0.4, -0.2) is 29.9 Å². The molecule has 8 nitrogen and oxygen atoms in total. The molecule has 0 unspecified atom stereocenters. The summed E-state index contributed by atoms with van der Waals surface area (Å²) in [6.45, 7) is 0. The Labute approximate surface area is 330 Å². The van der Waals surface area contributed by atoms with Crippen LogP contribution < -0.4 is 0 Å². The molecule has 5 heterocycles. The molecule has 0 bridgehead atoms. The van der Waals surface area contributed by atoms with E-state index in [0.717, 1.165) is 99.2 Å². The predicted molar refractivity (Wildman–Crippen MR) is 230 cm³/mol. The van der Waals surface area contributed by atoms with Gasteiger partial charge in [0.15, 0.2) is 17.5 Å². The van der Waals surface area contributed by atoms with Crippen LogP contribution in [0.1, 0.15) is 0 Å². The van der Waals surface area contributed by atoms with Gasteiger partial charge in [-0.1, -0.05) is 140 Å². The van der Waals surface area contributed by atoms with Crippen LogP contribution in [0, 0.1) is 0 Å². The molecule has 12 rings (SSSR count). The van der Waals surface area contributed by atoms with Crippen molar-refractivity contribution in [2.45, 2.75) is 0 Å². The second kappa shape index (κ2) is 12.7. The molecule has 8 heteroatoms. The standard InChI is InChI=1S/C50H28N6O2/c1-2-9-31(10-3-1)48-54-49(32-21-17-29(18-22-32)34-13-8-14-37-35-11-4-6-15-41(35)57-46(34)37)56-50(55-48)33-23-19-30(20-24-33)44-39-26-25-38-36-12-5-7-16-42(36)58-47(38)43(39)45-40(53-44)27-51-28-52-45/h1-28H. The summed E-state index contributed by atoms with van der Waals surface area (Å²) in [6, 6.07) is 53.3. The molecule has 0 fully saturated rings. The van der Waals surface area contributed by atoms with E-state index in [2.05, 4.69) is 88.8 Å². The second-order valence-electron chi connectivity index (χ2n) is 14.3. The number of rotatable bonds is 5. The van der Waals surface area contributed by atoms with Gasteiger partial charge < -0.3 is 8.83 Å². The third kappa shape index (κ3) is 5.09. The zero-order valence-corrected chi connectivity index (χ0v) is 30.7. The van der Waals surface area contributed by atoms with Crippen molar-refractivity contribution >= 4 is 65.7 Å². The van der Waals surface area contributed by atoms with Crippen molar-refractivity contribution < 1.29 is 8.83 Å². The monoisotopic (exact) mass is 744 g/mol. The summed E-state index contributed by atoms with van der Waals surface area (Å²) < 4.78 is 12.8. The van der Waals surface area contributed by atoms with Crippen LogP contribution in [0.5, 0.6) is 0 Å². The van der Waals surface area contributed by atoms with Gasteiger partial charge in [0.2, 0.25) is 0 Å². The summed E-state index contributed by atoms with van der Waals surface area (Å²) in [4.78, 5) is 29.1. The number of nitrogens with zero attached hydrogens (tertiary/aromatic N) is 6. The highest BCUT2D eigenvalue weighted by Crippen LogP contribution is 2.41. The third-order valence-corrected chi connectivity index (χ3v) is 10.9. The molecular weight excluding hydrogens is 717 g/mol. The molecule has 0 spiro atoms. The molecule has 0 saturated carbocycles. The Morgan fingerprint density at radius 3 is 1.60 bits per heavy atom. The molecule has 7 aromatic carbocycles. The third-order valence-electron chi connectivity index (χ3n) is 10.9. The van der Waals surface area contributed by atoms with Gasteiger partial charge in [-0.25, -0.2) is 29.9 Å². The van der Waals surface area contributed by atoms with Gasteiger partial charge in [0.25, 0.3) is 0 Å². The minimum Gasteiger partial charge on any atom is -0.455 e.